The molecule has 1 aliphatic heterocycles. The van der Waals surface area contributed by atoms with Gasteiger partial charge in [0.25, 0.3) is 0 Å². The summed E-state index contributed by atoms with van der Waals surface area (Å²) < 4.78 is 13.8. The molecule has 0 radical (unpaired) electrons. The van der Waals surface area contributed by atoms with Crippen LogP contribution in [0.4, 0.5) is 10.2 Å². The van der Waals surface area contributed by atoms with Gasteiger partial charge in [-0.05, 0) is 43.2 Å². The minimum absolute atomic E-state index is 0. The van der Waals surface area contributed by atoms with Crippen molar-refractivity contribution in [1.29, 1.82) is 0 Å². The van der Waals surface area contributed by atoms with Crippen molar-refractivity contribution in [2.24, 2.45) is 5.92 Å². The molecule has 0 saturated carbocycles. The summed E-state index contributed by atoms with van der Waals surface area (Å²) in [5.41, 5.74) is 1.22. The van der Waals surface area contributed by atoms with Crippen molar-refractivity contribution in [2.75, 3.05) is 18.0 Å². The molecule has 0 amide bonds. The number of carboxylic acid groups (broad SMARTS) is 1. The number of rotatable bonds is 3. The van der Waals surface area contributed by atoms with Gasteiger partial charge in [0.05, 0.1) is 5.52 Å². The molecule has 1 aromatic carbocycles. The number of phenolic OH excluding ortho intramolecular Hbond substituents is 1. The van der Waals surface area contributed by atoms with Crippen LogP contribution in [0.5, 0.6) is 5.75 Å². The summed E-state index contributed by atoms with van der Waals surface area (Å²) in [5, 5.41) is 22.1. The fourth-order valence-corrected chi connectivity index (χ4v) is 3.46. The molecular formula is C20H17FKN3O3. The van der Waals surface area contributed by atoms with Gasteiger partial charge < -0.3 is 19.9 Å². The van der Waals surface area contributed by atoms with E-state index in [0.717, 1.165) is 5.39 Å². The average Bonchev–Trinajstić information content (AvgIpc) is 2.69. The van der Waals surface area contributed by atoms with Crippen molar-refractivity contribution in [1.82, 2.24) is 9.97 Å². The molecule has 0 atom stereocenters. The first-order valence-electron chi connectivity index (χ1n) is 8.73. The van der Waals surface area contributed by atoms with E-state index in [-0.39, 0.29) is 62.7 Å². The molecule has 0 spiro atoms. The molecular weight excluding hydrogens is 388 g/mol. The Morgan fingerprint density at radius 2 is 1.96 bits per heavy atom. The number of carbonyl (C=O) groups excluding carboxylic acids is 1. The summed E-state index contributed by atoms with van der Waals surface area (Å²) >= 11 is 0. The summed E-state index contributed by atoms with van der Waals surface area (Å²) in [5.74, 6) is -1.38. The zero-order chi connectivity index (χ0) is 19.0. The van der Waals surface area contributed by atoms with Gasteiger partial charge in [-0.3, -0.25) is 4.98 Å². The van der Waals surface area contributed by atoms with Crippen LogP contribution in [0.25, 0.3) is 22.2 Å². The summed E-state index contributed by atoms with van der Waals surface area (Å²) in [7, 11) is 0. The van der Waals surface area contributed by atoms with Gasteiger partial charge in [0.2, 0.25) is 0 Å². The predicted octanol–water partition coefficient (Wildman–Crippen LogP) is -0.888. The van der Waals surface area contributed by atoms with Gasteiger partial charge in [-0.1, -0.05) is 6.07 Å². The molecule has 1 saturated heterocycles. The number of pyridine rings is 2. The van der Waals surface area contributed by atoms with Crippen molar-refractivity contribution >= 4 is 22.7 Å². The van der Waals surface area contributed by atoms with E-state index in [1.165, 1.54) is 18.2 Å². The first kappa shape index (κ1) is 21.1. The van der Waals surface area contributed by atoms with E-state index in [9.17, 15) is 19.4 Å². The summed E-state index contributed by atoms with van der Waals surface area (Å²) in [6.07, 6.45) is 2.58. The number of aromatic nitrogens is 2. The number of carboxylic acids is 1. The molecule has 28 heavy (non-hydrogen) atoms. The molecule has 1 fully saturated rings. The molecule has 3 aromatic rings. The monoisotopic (exact) mass is 405 g/mol. The zero-order valence-electron chi connectivity index (χ0n) is 15.4. The Hall–Kier alpha value is -1.58. The Balaban J connectivity index is 0.00000225. The van der Waals surface area contributed by atoms with Gasteiger partial charge >= 0.3 is 51.4 Å². The van der Waals surface area contributed by atoms with E-state index in [4.69, 9.17) is 0 Å². The molecule has 138 valence electrons. The van der Waals surface area contributed by atoms with Crippen LogP contribution in [0.3, 0.4) is 0 Å². The second-order valence-corrected chi connectivity index (χ2v) is 6.65. The molecule has 2 aromatic heterocycles. The van der Waals surface area contributed by atoms with Crippen LogP contribution < -0.4 is 61.4 Å². The van der Waals surface area contributed by atoms with Crippen molar-refractivity contribution < 1.29 is 70.8 Å². The summed E-state index contributed by atoms with van der Waals surface area (Å²) in [4.78, 5) is 22.0. The van der Waals surface area contributed by atoms with Crippen molar-refractivity contribution in [3.63, 3.8) is 0 Å². The number of aliphatic carboxylic acids is 1. The SMILES string of the molecule is O=C([O-])C1CCN(c2cc3cccnc3c(-c3cc(F)ccc3O)n2)CC1.[K+]. The van der Waals surface area contributed by atoms with E-state index in [1.807, 2.05) is 17.0 Å². The first-order valence-corrected chi connectivity index (χ1v) is 8.73. The topological polar surface area (TPSA) is 89.4 Å². The second-order valence-electron chi connectivity index (χ2n) is 6.65. The third-order valence-corrected chi connectivity index (χ3v) is 4.94. The molecule has 1 aliphatic rings. The Labute approximate surface area is 203 Å². The fourth-order valence-electron chi connectivity index (χ4n) is 3.46. The van der Waals surface area contributed by atoms with E-state index in [0.29, 0.717) is 43.0 Å². The third-order valence-electron chi connectivity index (χ3n) is 4.94. The van der Waals surface area contributed by atoms with Gasteiger partial charge in [0.1, 0.15) is 23.1 Å². The second kappa shape index (κ2) is 8.83. The Kier molecular flexibility index (Phi) is 6.67. The van der Waals surface area contributed by atoms with Crippen LogP contribution >= 0.6 is 0 Å². The normalized spacial score (nSPS) is 14.7. The van der Waals surface area contributed by atoms with E-state index in [1.54, 1.807) is 12.3 Å². The molecule has 0 bridgehead atoms. The van der Waals surface area contributed by atoms with Crippen LogP contribution in [0.15, 0.2) is 42.6 Å². The fraction of sp³-hybridized carbons (Fsp3) is 0.250. The number of hydrogen-bond acceptors (Lipinski definition) is 6. The van der Waals surface area contributed by atoms with E-state index >= 15 is 0 Å². The number of halogens is 1. The van der Waals surface area contributed by atoms with Gasteiger partial charge in [-0.25, -0.2) is 9.37 Å². The molecule has 3 heterocycles. The van der Waals surface area contributed by atoms with Crippen molar-refractivity contribution in [3.8, 4) is 17.0 Å². The molecule has 6 nitrogen and oxygen atoms in total. The third kappa shape index (κ3) is 4.21. The summed E-state index contributed by atoms with van der Waals surface area (Å²) in [6, 6.07) is 9.26. The number of anilines is 1. The smallest absolute Gasteiger partial charge is 0.550 e. The van der Waals surface area contributed by atoms with Crippen molar-refractivity contribution in [3.05, 3.63) is 48.4 Å². The minimum Gasteiger partial charge on any atom is -0.550 e. The average molecular weight is 405 g/mol. The molecule has 4 rings (SSSR count). The van der Waals surface area contributed by atoms with Crippen LogP contribution in [-0.4, -0.2) is 34.1 Å². The van der Waals surface area contributed by atoms with Crippen LogP contribution in [-0.2, 0) is 4.79 Å². The number of aromatic hydroxyl groups is 1. The van der Waals surface area contributed by atoms with Gasteiger partial charge in [0, 0.05) is 42.1 Å². The van der Waals surface area contributed by atoms with Crippen LogP contribution in [0.2, 0.25) is 0 Å². The number of nitrogens with zero attached hydrogens (tertiary/aromatic N) is 3. The number of carbonyl (C=O) groups is 1. The first-order chi connectivity index (χ1) is 13.0. The molecule has 0 aliphatic carbocycles. The molecule has 0 unspecified atom stereocenters. The zero-order valence-corrected chi connectivity index (χ0v) is 18.6. The Morgan fingerprint density at radius 3 is 2.68 bits per heavy atom. The van der Waals surface area contributed by atoms with Crippen molar-refractivity contribution in [2.45, 2.75) is 12.8 Å². The number of piperidine rings is 1. The van der Waals surface area contributed by atoms with Crippen LogP contribution in [0, 0.1) is 11.7 Å². The molecule has 1 N–H and O–H groups in total. The Morgan fingerprint density at radius 1 is 1.21 bits per heavy atom. The minimum atomic E-state index is -1.02. The maximum atomic E-state index is 13.8. The summed E-state index contributed by atoms with van der Waals surface area (Å²) in [6.45, 7) is 1.07. The maximum Gasteiger partial charge on any atom is 1.00 e. The quantitative estimate of drug-likeness (QED) is 0.569. The number of phenols is 1. The van der Waals surface area contributed by atoms with E-state index in [2.05, 4.69) is 9.97 Å². The standard InChI is InChI=1S/C20H18FN3O3.K/c21-14-3-4-16(25)15(11-14)19-18-13(2-1-7-22-18)10-17(23-19)24-8-5-12(6-9-24)20(26)27;/h1-4,7,10-12,25H,5-6,8-9H2,(H,26,27);/q;+1/p-1. The van der Waals surface area contributed by atoms with Gasteiger partial charge in [-0.15, -0.1) is 0 Å². The van der Waals surface area contributed by atoms with Gasteiger partial charge in [-0.2, -0.15) is 0 Å². The van der Waals surface area contributed by atoms with Crippen LogP contribution in [0.1, 0.15) is 12.8 Å². The number of fused-ring (bicyclic) bond motifs is 1. The maximum absolute atomic E-state index is 13.8. The molecule has 8 heteroatoms. The number of hydrogen-bond donors (Lipinski definition) is 1. The van der Waals surface area contributed by atoms with Gasteiger partial charge in [0.15, 0.2) is 0 Å². The number of benzene rings is 1. The largest absolute Gasteiger partial charge is 1.00 e. The van der Waals surface area contributed by atoms with E-state index < -0.39 is 17.7 Å². The predicted molar refractivity (Wildman–Crippen MR) is 96.5 cm³/mol. The Bertz CT molecular complexity index is 1020.